The Hall–Kier alpha value is -3.71. The average molecular weight is 444 g/mol. The van der Waals surface area contributed by atoms with Crippen LogP contribution in [0.25, 0.3) is 22.2 Å². The molecule has 2 aromatic heterocycles. The highest BCUT2D eigenvalue weighted by Crippen LogP contribution is 2.41. The van der Waals surface area contributed by atoms with Crippen LogP contribution in [0.3, 0.4) is 0 Å². The van der Waals surface area contributed by atoms with Crippen molar-refractivity contribution >= 4 is 22.7 Å². The first-order valence-corrected chi connectivity index (χ1v) is 11.3. The Morgan fingerprint density at radius 1 is 1.06 bits per heavy atom. The number of benzene rings is 2. The van der Waals surface area contributed by atoms with Crippen LogP contribution in [0.1, 0.15) is 39.2 Å². The zero-order valence-corrected chi connectivity index (χ0v) is 18.8. The molecule has 168 valence electrons. The molecule has 7 nitrogen and oxygen atoms in total. The number of fused-ring (bicyclic) bond motifs is 1. The minimum absolute atomic E-state index is 0.131. The normalized spacial score (nSPS) is 13.8. The highest BCUT2D eigenvalue weighted by molar-refractivity contribution is 5.88. The van der Waals surface area contributed by atoms with E-state index in [-0.39, 0.29) is 12.2 Å². The Morgan fingerprint density at radius 2 is 1.82 bits per heavy atom. The van der Waals surface area contributed by atoms with E-state index >= 15 is 0 Å². The van der Waals surface area contributed by atoms with Gasteiger partial charge in [-0.15, -0.1) is 0 Å². The molecule has 7 heteroatoms. The molecule has 0 spiro atoms. The van der Waals surface area contributed by atoms with Gasteiger partial charge in [-0.3, -0.25) is 0 Å². The summed E-state index contributed by atoms with van der Waals surface area (Å²) in [5.74, 6) is 0.715. The van der Waals surface area contributed by atoms with E-state index in [1.807, 2.05) is 32.0 Å². The van der Waals surface area contributed by atoms with Crippen molar-refractivity contribution in [1.29, 1.82) is 0 Å². The summed E-state index contributed by atoms with van der Waals surface area (Å²) < 4.78 is 13.5. The van der Waals surface area contributed by atoms with Crippen molar-refractivity contribution in [2.75, 3.05) is 0 Å². The summed E-state index contributed by atoms with van der Waals surface area (Å²) in [7, 11) is 0. The maximum atomic E-state index is 11.9. The van der Waals surface area contributed by atoms with Crippen LogP contribution in [0, 0.1) is 0 Å². The van der Waals surface area contributed by atoms with Gasteiger partial charge in [-0.25, -0.2) is 15.3 Å². The fourth-order valence-electron chi connectivity index (χ4n) is 4.12. The van der Waals surface area contributed by atoms with E-state index in [0.29, 0.717) is 17.8 Å². The van der Waals surface area contributed by atoms with Crippen molar-refractivity contribution in [3.8, 4) is 23.0 Å². The van der Waals surface area contributed by atoms with E-state index in [9.17, 15) is 4.79 Å². The standard InChI is InChI=1S/C26H26N4O3/c1-17(2)32-26(31)29-20-10-7-18(8-11-20)23-15-19-9-12-22(33-25-27-13-4-14-28-25)16-24(19)30(23)21-5-3-6-21/h4,7-17,21H,3,5-6H2,1-2H3,(H,29,31)/p+1. The first-order chi connectivity index (χ1) is 16.1. The lowest BCUT2D eigenvalue weighted by molar-refractivity contribution is -0.484. The van der Waals surface area contributed by atoms with Gasteiger partial charge in [0.2, 0.25) is 0 Å². The second-order valence-electron chi connectivity index (χ2n) is 8.59. The maximum absolute atomic E-state index is 11.9. The van der Waals surface area contributed by atoms with Crippen LogP contribution in [-0.4, -0.2) is 26.7 Å². The zero-order valence-electron chi connectivity index (χ0n) is 18.8. The fraction of sp³-hybridized carbons (Fsp3) is 0.269. The molecule has 0 saturated heterocycles. The fourth-order valence-corrected chi connectivity index (χ4v) is 4.12. The molecule has 0 aliphatic heterocycles. The molecule has 0 radical (unpaired) electrons. The van der Waals surface area contributed by atoms with Gasteiger partial charge < -0.3 is 14.0 Å². The van der Waals surface area contributed by atoms with E-state index in [4.69, 9.17) is 9.47 Å². The summed E-state index contributed by atoms with van der Waals surface area (Å²) in [5.41, 5.74) is 4.24. The molecule has 1 fully saturated rings. The number of ether oxygens (including phenoxy) is 2. The molecular formula is C26H27N4O3+. The lowest BCUT2D eigenvalue weighted by Crippen LogP contribution is -2.82. The highest BCUT2D eigenvalue weighted by atomic mass is 16.6. The number of nitrogens with two attached hydrogens (primary N) is 1. The third kappa shape index (κ3) is 4.59. The molecule has 2 aromatic carbocycles. The quantitative estimate of drug-likeness (QED) is 0.406. The summed E-state index contributed by atoms with van der Waals surface area (Å²) in [6.07, 6.45) is 6.45. The first-order valence-electron chi connectivity index (χ1n) is 11.3. The molecule has 4 aromatic rings. The van der Waals surface area contributed by atoms with Crippen molar-refractivity contribution in [2.45, 2.75) is 45.3 Å². The Morgan fingerprint density at radius 3 is 2.48 bits per heavy atom. The first kappa shape index (κ1) is 21.2. The van der Waals surface area contributed by atoms with Gasteiger partial charge in [0.15, 0.2) is 0 Å². The van der Waals surface area contributed by atoms with Gasteiger partial charge in [0.25, 0.3) is 0 Å². The number of carbonyl (C=O) groups excluding carboxylic acids is 1. The number of hydrogen-bond acceptors (Lipinski definition) is 5. The number of primary amides is 1. The van der Waals surface area contributed by atoms with Crippen LogP contribution in [0.5, 0.6) is 11.8 Å². The monoisotopic (exact) mass is 443 g/mol. The molecule has 1 saturated carbocycles. The molecule has 2 heterocycles. The van der Waals surface area contributed by atoms with Crippen molar-refractivity contribution in [3.05, 3.63) is 67.0 Å². The van der Waals surface area contributed by atoms with Crippen LogP contribution in [0.4, 0.5) is 10.5 Å². The average Bonchev–Trinajstić information content (AvgIpc) is 3.12. The smallest absolute Gasteiger partial charge is 0.424 e. The van der Waals surface area contributed by atoms with E-state index < -0.39 is 0 Å². The predicted molar refractivity (Wildman–Crippen MR) is 126 cm³/mol. The second kappa shape index (κ2) is 9.03. The molecule has 2 N–H and O–H groups in total. The van der Waals surface area contributed by atoms with Crippen molar-refractivity contribution in [2.24, 2.45) is 0 Å². The molecule has 1 amide bonds. The van der Waals surface area contributed by atoms with Crippen molar-refractivity contribution in [3.63, 3.8) is 0 Å². The highest BCUT2D eigenvalue weighted by Gasteiger charge is 2.25. The minimum atomic E-state index is -0.323. The zero-order chi connectivity index (χ0) is 22.8. The lowest BCUT2D eigenvalue weighted by Gasteiger charge is -2.30. The predicted octanol–water partition coefficient (Wildman–Crippen LogP) is 5.36. The van der Waals surface area contributed by atoms with E-state index in [1.54, 1.807) is 18.5 Å². The number of rotatable bonds is 6. The number of aromatic nitrogens is 3. The van der Waals surface area contributed by atoms with Crippen LogP contribution in [-0.2, 0) is 4.74 Å². The number of amides is 1. The van der Waals surface area contributed by atoms with Gasteiger partial charge in [0.05, 0.1) is 5.52 Å². The van der Waals surface area contributed by atoms with Gasteiger partial charge in [0, 0.05) is 47.7 Å². The van der Waals surface area contributed by atoms with Gasteiger partial charge >= 0.3 is 12.1 Å². The Kier molecular flexibility index (Phi) is 5.79. The summed E-state index contributed by atoms with van der Waals surface area (Å²) in [6.45, 7) is 3.69. The summed E-state index contributed by atoms with van der Waals surface area (Å²) >= 11 is 0. The van der Waals surface area contributed by atoms with Crippen LogP contribution >= 0.6 is 0 Å². The van der Waals surface area contributed by atoms with Crippen molar-refractivity contribution < 1.29 is 19.6 Å². The number of carbonyl (C=O) groups is 1. The van der Waals surface area contributed by atoms with Crippen LogP contribution in [0.15, 0.2) is 67.0 Å². The van der Waals surface area contributed by atoms with Gasteiger partial charge in [-0.2, -0.15) is 4.79 Å². The topological polar surface area (TPSA) is 82.8 Å². The largest absolute Gasteiger partial charge is 0.518 e. The van der Waals surface area contributed by atoms with Crippen LogP contribution < -0.4 is 10.1 Å². The number of hydrogen-bond donors (Lipinski definition) is 1. The van der Waals surface area contributed by atoms with E-state index in [2.05, 4.69) is 44.9 Å². The van der Waals surface area contributed by atoms with Gasteiger partial charge in [-0.05, 0) is 75.1 Å². The molecule has 0 unspecified atom stereocenters. The number of nitrogens with zero attached hydrogens (tertiary/aromatic N) is 3. The molecule has 33 heavy (non-hydrogen) atoms. The third-order valence-corrected chi connectivity index (χ3v) is 5.85. The third-order valence-electron chi connectivity index (χ3n) is 5.85. The molecule has 1 aliphatic rings. The number of quaternary nitrogens is 1. The van der Waals surface area contributed by atoms with E-state index in [1.165, 1.54) is 17.4 Å². The van der Waals surface area contributed by atoms with E-state index in [0.717, 1.165) is 35.0 Å². The molecular weight excluding hydrogens is 416 g/mol. The maximum Gasteiger partial charge on any atom is 0.518 e. The Bertz CT molecular complexity index is 1260. The molecule has 0 bridgehead atoms. The van der Waals surface area contributed by atoms with Crippen LogP contribution in [0.2, 0.25) is 0 Å². The molecule has 0 atom stereocenters. The summed E-state index contributed by atoms with van der Waals surface area (Å²) in [4.78, 5) is 20.3. The summed E-state index contributed by atoms with van der Waals surface area (Å²) in [5, 5.41) is 2.69. The second-order valence-corrected chi connectivity index (χ2v) is 8.59. The SMILES string of the molecule is CC(C)OC(=O)[NH2+]c1ccc(-c2cc3ccc(Oc4ncccn4)cc3n2C2CCC2)cc1. The van der Waals surface area contributed by atoms with Crippen molar-refractivity contribution in [1.82, 2.24) is 14.5 Å². The Balaban J connectivity index is 1.47. The Labute approximate surface area is 192 Å². The lowest BCUT2D eigenvalue weighted by atomic mass is 9.92. The summed E-state index contributed by atoms with van der Waals surface area (Å²) in [6, 6.07) is 18.9. The van der Waals surface area contributed by atoms with Gasteiger partial charge in [0.1, 0.15) is 17.5 Å². The minimum Gasteiger partial charge on any atom is -0.424 e. The molecule has 5 rings (SSSR count). The van der Waals surface area contributed by atoms with Gasteiger partial charge in [-0.1, -0.05) is 0 Å². The molecule has 1 aliphatic carbocycles.